The summed E-state index contributed by atoms with van der Waals surface area (Å²) in [6.45, 7) is 1.85. The van der Waals surface area contributed by atoms with Gasteiger partial charge in [0.25, 0.3) is 5.91 Å². The number of thiazole rings is 1. The summed E-state index contributed by atoms with van der Waals surface area (Å²) in [5.74, 6) is 0.202. The van der Waals surface area contributed by atoms with Gasteiger partial charge in [0.15, 0.2) is 10.9 Å². The molecule has 0 unspecified atom stereocenters. The third-order valence-electron chi connectivity index (χ3n) is 2.90. The first kappa shape index (κ1) is 13.4. The second-order valence-electron chi connectivity index (χ2n) is 4.49. The molecule has 2 heterocycles. The number of anilines is 1. The standard InChI is InChI=1S/C15H12N2O3S/c1-9-4-5-10(12(18)7-9)14(19)17-15-16-11(8-21-15)13-3-2-6-20-13/h2-8,18H,1H3,(H,16,17,19). The van der Waals surface area contributed by atoms with Gasteiger partial charge < -0.3 is 9.52 Å². The van der Waals surface area contributed by atoms with Crippen molar-refractivity contribution < 1.29 is 14.3 Å². The summed E-state index contributed by atoms with van der Waals surface area (Å²) in [5, 5.41) is 14.7. The van der Waals surface area contributed by atoms with Gasteiger partial charge in [-0.25, -0.2) is 4.98 Å². The Bertz CT molecular complexity index is 778. The molecule has 3 aromatic rings. The zero-order valence-electron chi connectivity index (χ0n) is 11.2. The average molecular weight is 300 g/mol. The van der Waals surface area contributed by atoms with E-state index in [4.69, 9.17) is 4.42 Å². The molecule has 0 aliphatic carbocycles. The summed E-state index contributed by atoms with van der Waals surface area (Å²) in [4.78, 5) is 16.4. The highest BCUT2D eigenvalue weighted by atomic mass is 32.1. The molecule has 0 fully saturated rings. The van der Waals surface area contributed by atoms with E-state index in [2.05, 4.69) is 10.3 Å². The number of hydrogen-bond acceptors (Lipinski definition) is 5. The number of aryl methyl sites for hydroxylation is 1. The van der Waals surface area contributed by atoms with Crippen LogP contribution in [0.3, 0.4) is 0 Å². The molecule has 5 nitrogen and oxygen atoms in total. The topological polar surface area (TPSA) is 75.4 Å². The van der Waals surface area contributed by atoms with Crippen LogP contribution in [0.2, 0.25) is 0 Å². The Labute approximate surface area is 124 Å². The van der Waals surface area contributed by atoms with Gasteiger partial charge >= 0.3 is 0 Å². The number of phenolic OH excluding ortho intramolecular Hbond substituents is 1. The van der Waals surface area contributed by atoms with Crippen molar-refractivity contribution >= 4 is 22.4 Å². The molecule has 0 bridgehead atoms. The Hall–Kier alpha value is -2.60. The smallest absolute Gasteiger partial charge is 0.261 e. The largest absolute Gasteiger partial charge is 0.507 e. The molecule has 0 saturated carbocycles. The molecule has 0 radical (unpaired) electrons. The molecule has 6 heteroatoms. The Morgan fingerprint density at radius 3 is 2.95 bits per heavy atom. The molecule has 0 saturated heterocycles. The van der Waals surface area contributed by atoms with E-state index in [9.17, 15) is 9.90 Å². The lowest BCUT2D eigenvalue weighted by atomic mass is 10.1. The number of carbonyl (C=O) groups is 1. The second-order valence-corrected chi connectivity index (χ2v) is 5.35. The van der Waals surface area contributed by atoms with Gasteiger partial charge in [-0.15, -0.1) is 11.3 Å². The van der Waals surface area contributed by atoms with Gasteiger partial charge in [0.05, 0.1) is 11.8 Å². The monoisotopic (exact) mass is 300 g/mol. The van der Waals surface area contributed by atoms with E-state index >= 15 is 0 Å². The summed E-state index contributed by atoms with van der Waals surface area (Å²) < 4.78 is 5.25. The van der Waals surface area contributed by atoms with Gasteiger partial charge in [-0.05, 0) is 36.8 Å². The minimum atomic E-state index is -0.396. The second kappa shape index (κ2) is 5.41. The first-order chi connectivity index (χ1) is 10.1. The molecular formula is C15H12N2O3S. The Kier molecular flexibility index (Phi) is 3.45. The molecule has 1 amide bonds. The normalized spacial score (nSPS) is 10.5. The molecule has 2 N–H and O–H groups in total. The molecule has 0 atom stereocenters. The maximum absolute atomic E-state index is 12.1. The third-order valence-corrected chi connectivity index (χ3v) is 3.65. The van der Waals surface area contributed by atoms with E-state index in [0.29, 0.717) is 16.6 Å². The predicted octanol–water partition coefficient (Wildman–Crippen LogP) is 3.67. The van der Waals surface area contributed by atoms with Crippen LogP contribution in [-0.2, 0) is 0 Å². The van der Waals surface area contributed by atoms with E-state index in [-0.39, 0.29) is 11.3 Å². The fourth-order valence-electron chi connectivity index (χ4n) is 1.87. The minimum absolute atomic E-state index is 0.0460. The van der Waals surface area contributed by atoms with Crippen molar-refractivity contribution in [2.24, 2.45) is 0 Å². The number of furan rings is 1. The van der Waals surface area contributed by atoms with Crippen LogP contribution < -0.4 is 5.32 Å². The number of aromatic hydroxyl groups is 1. The van der Waals surface area contributed by atoms with E-state index in [1.54, 1.807) is 42.0 Å². The summed E-state index contributed by atoms with van der Waals surface area (Å²) >= 11 is 1.30. The number of benzene rings is 1. The van der Waals surface area contributed by atoms with Crippen LogP contribution in [0.15, 0.2) is 46.4 Å². The van der Waals surface area contributed by atoms with Crippen molar-refractivity contribution in [2.45, 2.75) is 6.92 Å². The summed E-state index contributed by atoms with van der Waals surface area (Å²) in [5.41, 5.74) is 1.77. The average Bonchev–Trinajstić information content (AvgIpc) is 3.08. The first-order valence-electron chi connectivity index (χ1n) is 6.24. The molecule has 21 heavy (non-hydrogen) atoms. The quantitative estimate of drug-likeness (QED) is 0.774. The lowest BCUT2D eigenvalue weighted by Gasteiger charge is -2.04. The van der Waals surface area contributed by atoms with Crippen LogP contribution in [0.1, 0.15) is 15.9 Å². The Morgan fingerprint density at radius 2 is 2.24 bits per heavy atom. The van der Waals surface area contributed by atoms with Crippen molar-refractivity contribution in [1.82, 2.24) is 4.98 Å². The van der Waals surface area contributed by atoms with Crippen LogP contribution in [0.25, 0.3) is 11.5 Å². The van der Waals surface area contributed by atoms with E-state index in [1.807, 2.05) is 6.92 Å². The maximum Gasteiger partial charge on any atom is 0.261 e. The molecule has 0 aliphatic rings. The van der Waals surface area contributed by atoms with Crippen molar-refractivity contribution in [3.05, 3.63) is 53.1 Å². The van der Waals surface area contributed by atoms with Gasteiger partial charge in [0, 0.05) is 5.38 Å². The molecular weight excluding hydrogens is 288 g/mol. The number of amides is 1. The molecule has 0 spiro atoms. The van der Waals surface area contributed by atoms with E-state index in [1.165, 1.54) is 11.3 Å². The van der Waals surface area contributed by atoms with Gasteiger partial charge in [0.2, 0.25) is 0 Å². The van der Waals surface area contributed by atoms with Crippen LogP contribution >= 0.6 is 11.3 Å². The summed E-state index contributed by atoms with van der Waals surface area (Å²) in [6, 6.07) is 8.47. The Balaban J connectivity index is 1.79. The van der Waals surface area contributed by atoms with Gasteiger partial charge in [-0.3, -0.25) is 10.1 Å². The summed E-state index contributed by atoms with van der Waals surface area (Å²) in [7, 11) is 0. The molecule has 3 rings (SSSR count). The lowest BCUT2D eigenvalue weighted by molar-refractivity contribution is 0.102. The van der Waals surface area contributed by atoms with E-state index in [0.717, 1.165) is 5.56 Å². The van der Waals surface area contributed by atoms with Crippen molar-refractivity contribution in [3.63, 3.8) is 0 Å². The molecule has 0 aliphatic heterocycles. The number of carbonyl (C=O) groups excluding carboxylic acids is 1. The van der Waals surface area contributed by atoms with Crippen LogP contribution in [0.5, 0.6) is 5.75 Å². The highest BCUT2D eigenvalue weighted by molar-refractivity contribution is 7.14. The maximum atomic E-state index is 12.1. The lowest BCUT2D eigenvalue weighted by Crippen LogP contribution is -2.11. The number of rotatable bonds is 3. The number of aromatic nitrogens is 1. The predicted molar refractivity (Wildman–Crippen MR) is 80.6 cm³/mol. The van der Waals surface area contributed by atoms with Gasteiger partial charge in [-0.1, -0.05) is 6.07 Å². The van der Waals surface area contributed by atoms with Crippen LogP contribution in [0, 0.1) is 6.92 Å². The molecule has 2 aromatic heterocycles. The first-order valence-corrected chi connectivity index (χ1v) is 7.12. The number of nitrogens with zero attached hydrogens (tertiary/aromatic N) is 1. The highest BCUT2D eigenvalue weighted by Gasteiger charge is 2.14. The van der Waals surface area contributed by atoms with Crippen LogP contribution in [-0.4, -0.2) is 16.0 Å². The number of hydrogen-bond donors (Lipinski definition) is 2. The zero-order valence-corrected chi connectivity index (χ0v) is 12.0. The Morgan fingerprint density at radius 1 is 1.38 bits per heavy atom. The molecule has 1 aromatic carbocycles. The van der Waals surface area contributed by atoms with Crippen molar-refractivity contribution in [2.75, 3.05) is 5.32 Å². The highest BCUT2D eigenvalue weighted by Crippen LogP contribution is 2.26. The van der Waals surface area contributed by atoms with Gasteiger partial charge in [-0.2, -0.15) is 0 Å². The SMILES string of the molecule is Cc1ccc(C(=O)Nc2nc(-c3ccco3)cs2)c(O)c1. The summed E-state index contributed by atoms with van der Waals surface area (Å²) in [6.07, 6.45) is 1.57. The number of phenols is 1. The van der Waals surface area contributed by atoms with Crippen molar-refractivity contribution in [1.29, 1.82) is 0 Å². The fraction of sp³-hybridized carbons (Fsp3) is 0.0667. The van der Waals surface area contributed by atoms with Crippen LogP contribution in [0.4, 0.5) is 5.13 Å². The number of nitrogens with one attached hydrogen (secondary N) is 1. The van der Waals surface area contributed by atoms with Gasteiger partial charge in [0.1, 0.15) is 11.4 Å². The fourth-order valence-corrected chi connectivity index (χ4v) is 2.56. The minimum Gasteiger partial charge on any atom is -0.507 e. The molecule has 106 valence electrons. The van der Waals surface area contributed by atoms with E-state index < -0.39 is 5.91 Å². The van der Waals surface area contributed by atoms with Crippen molar-refractivity contribution in [3.8, 4) is 17.2 Å². The third kappa shape index (κ3) is 2.80. The zero-order chi connectivity index (χ0) is 14.8.